The topological polar surface area (TPSA) is 92.5 Å². The number of benzene rings is 2. The Kier molecular flexibility index (Phi) is 3.96. The fraction of sp³-hybridized carbons (Fsp3) is 0.278. The van der Waals surface area contributed by atoms with Gasteiger partial charge in [-0.15, -0.1) is 0 Å². The van der Waals surface area contributed by atoms with Crippen molar-refractivity contribution in [3.63, 3.8) is 0 Å². The zero-order chi connectivity index (χ0) is 18.5. The summed E-state index contributed by atoms with van der Waals surface area (Å²) in [6.45, 7) is 0.295. The lowest BCUT2D eigenvalue weighted by Gasteiger charge is -2.16. The highest BCUT2D eigenvalue weighted by Crippen LogP contribution is 2.48. The molecule has 0 saturated heterocycles. The van der Waals surface area contributed by atoms with Crippen molar-refractivity contribution in [2.45, 2.75) is 18.8 Å². The molecule has 0 spiro atoms. The molecule has 2 aromatic carbocycles. The highest BCUT2D eigenvalue weighted by Gasteiger charge is 2.45. The number of fused-ring (bicyclic) bond motifs is 1. The van der Waals surface area contributed by atoms with E-state index in [9.17, 15) is 17.6 Å². The third kappa shape index (κ3) is 3.06. The number of halogens is 1. The van der Waals surface area contributed by atoms with Crippen molar-refractivity contribution in [2.75, 3.05) is 16.2 Å². The Bertz CT molecular complexity index is 993. The van der Waals surface area contributed by atoms with Crippen molar-refractivity contribution in [3.8, 4) is 0 Å². The maximum absolute atomic E-state index is 13.8. The molecule has 1 aliphatic heterocycles. The minimum Gasteiger partial charge on any atom is -0.326 e. The quantitative estimate of drug-likeness (QED) is 0.857. The van der Waals surface area contributed by atoms with E-state index in [0.29, 0.717) is 36.3 Å². The monoisotopic (exact) mass is 375 g/mol. The molecule has 1 heterocycles. The molecule has 1 amide bonds. The molecular weight excluding hydrogens is 357 g/mol. The zero-order valence-corrected chi connectivity index (χ0v) is 14.7. The molecule has 0 aromatic heterocycles. The largest absolute Gasteiger partial charge is 0.326 e. The summed E-state index contributed by atoms with van der Waals surface area (Å²) < 4.78 is 38.3. The molecule has 2 atom stereocenters. The Morgan fingerprint density at radius 1 is 1.23 bits per heavy atom. The highest BCUT2D eigenvalue weighted by atomic mass is 32.2. The fourth-order valence-electron chi connectivity index (χ4n) is 3.53. The van der Waals surface area contributed by atoms with Gasteiger partial charge in [0.1, 0.15) is 5.82 Å². The summed E-state index contributed by atoms with van der Waals surface area (Å²) in [4.78, 5) is 12.5. The normalized spacial score (nSPS) is 21.4. The molecule has 0 radical (unpaired) electrons. The van der Waals surface area contributed by atoms with Crippen LogP contribution in [0.3, 0.4) is 0 Å². The van der Waals surface area contributed by atoms with Gasteiger partial charge >= 0.3 is 0 Å². The van der Waals surface area contributed by atoms with Gasteiger partial charge in [0.25, 0.3) is 10.2 Å². The van der Waals surface area contributed by atoms with E-state index in [1.165, 1.54) is 6.07 Å². The van der Waals surface area contributed by atoms with E-state index in [2.05, 4.69) is 5.32 Å². The number of nitrogens with zero attached hydrogens (tertiary/aromatic N) is 1. The standard InChI is InChI=1S/C18H18FN3O3S/c19-16-4-2-1-3-13(16)14-10-15(14)18(23)21-12-6-5-11-7-8-22(17(11)9-12)26(20,24)25/h1-6,9,14-15H,7-8,10H2,(H,21,23)(H2,20,24,25)/t14-,15+/m1/s1. The third-order valence-corrected chi connectivity index (χ3v) is 5.94. The first-order chi connectivity index (χ1) is 12.3. The molecule has 8 heteroatoms. The number of rotatable bonds is 4. The number of nitrogens with one attached hydrogen (secondary N) is 1. The molecule has 4 rings (SSSR count). The van der Waals surface area contributed by atoms with Crippen molar-refractivity contribution in [1.29, 1.82) is 0 Å². The molecule has 1 saturated carbocycles. The van der Waals surface area contributed by atoms with E-state index in [1.54, 1.807) is 36.4 Å². The van der Waals surface area contributed by atoms with Crippen LogP contribution in [0.5, 0.6) is 0 Å². The summed E-state index contributed by atoms with van der Waals surface area (Å²) in [5, 5.41) is 8.04. The Hall–Kier alpha value is -2.45. The molecule has 136 valence electrons. The Balaban J connectivity index is 1.49. The Labute approximate surface area is 151 Å². The van der Waals surface area contributed by atoms with Crippen LogP contribution in [-0.4, -0.2) is 20.9 Å². The van der Waals surface area contributed by atoms with Crippen molar-refractivity contribution in [3.05, 3.63) is 59.4 Å². The van der Waals surface area contributed by atoms with E-state index in [1.807, 2.05) is 0 Å². The van der Waals surface area contributed by atoms with Crippen molar-refractivity contribution in [2.24, 2.45) is 11.1 Å². The summed E-state index contributed by atoms with van der Waals surface area (Å²) in [5.41, 5.74) is 2.42. The number of nitrogens with two attached hydrogens (primary N) is 1. The van der Waals surface area contributed by atoms with E-state index in [0.717, 1.165) is 9.87 Å². The molecule has 1 fully saturated rings. The van der Waals surface area contributed by atoms with E-state index < -0.39 is 10.2 Å². The van der Waals surface area contributed by atoms with Crippen LogP contribution in [-0.2, 0) is 21.4 Å². The summed E-state index contributed by atoms with van der Waals surface area (Å²) in [6, 6.07) is 11.6. The summed E-state index contributed by atoms with van der Waals surface area (Å²) in [7, 11) is -3.84. The SMILES string of the molecule is NS(=O)(=O)N1CCc2ccc(NC(=O)[C@H]3C[C@@H]3c3ccccc3F)cc21. The van der Waals surface area contributed by atoms with Crippen LogP contribution in [0.1, 0.15) is 23.5 Å². The number of carbonyl (C=O) groups is 1. The first kappa shape index (κ1) is 17.0. The molecule has 2 aromatic rings. The molecule has 2 aliphatic rings. The number of hydrogen-bond donors (Lipinski definition) is 2. The van der Waals surface area contributed by atoms with Crippen LogP contribution >= 0.6 is 0 Å². The lowest BCUT2D eigenvalue weighted by Crippen LogP contribution is -2.35. The van der Waals surface area contributed by atoms with Gasteiger partial charge < -0.3 is 5.32 Å². The molecule has 3 N–H and O–H groups in total. The van der Waals surface area contributed by atoms with Crippen molar-refractivity contribution >= 4 is 27.5 Å². The van der Waals surface area contributed by atoms with Crippen LogP contribution in [0.15, 0.2) is 42.5 Å². The number of anilines is 2. The first-order valence-electron chi connectivity index (χ1n) is 8.33. The van der Waals surface area contributed by atoms with Gasteiger partial charge in [0.2, 0.25) is 5.91 Å². The van der Waals surface area contributed by atoms with Gasteiger partial charge in [-0.3, -0.25) is 9.10 Å². The predicted molar refractivity (Wildman–Crippen MR) is 96.5 cm³/mol. The summed E-state index contributed by atoms with van der Waals surface area (Å²) in [6.07, 6.45) is 1.18. The van der Waals surface area contributed by atoms with E-state index in [4.69, 9.17) is 5.14 Å². The maximum Gasteiger partial charge on any atom is 0.299 e. The second-order valence-corrected chi connectivity index (χ2v) is 8.14. The van der Waals surface area contributed by atoms with Gasteiger partial charge in [0, 0.05) is 18.2 Å². The maximum atomic E-state index is 13.8. The number of amides is 1. The van der Waals surface area contributed by atoms with Crippen LogP contribution in [0.25, 0.3) is 0 Å². The van der Waals surface area contributed by atoms with Crippen molar-refractivity contribution in [1.82, 2.24) is 0 Å². The lowest BCUT2D eigenvalue weighted by atomic mass is 10.1. The number of hydrogen-bond acceptors (Lipinski definition) is 3. The van der Waals surface area contributed by atoms with Gasteiger partial charge in [-0.1, -0.05) is 24.3 Å². The second-order valence-electron chi connectivity index (χ2n) is 6.67. The molecule has 0 bridgehead atoms. The Morgan fingerprint density at radius 2 is 2.00 bits per heavy atom. The van der Waals surface area contributed by atoms with Crippen molar-refractivity contribution < 1.29 is 17.6 Å². The molecule has 6 nitrogen and oxygen atoms in total. The third-order valence-electron chi connectivity index (χ3n) is 4.94. The molecule has 1 aliphatic carbocycles. The minimum absolute atomic E-state index is 0.119. The molecule has 0 unspecified atom stereocenters. The predicted octanol–water partition coefficient (Wildman–Crippen LogP) is 2.13. The average molecular weight is 375 g/mol. The highest BCUT2D eigenvalue weighted by molar-refractivity contribution is 7.90. The zero-order valence-electron chi connectivity index (χ0n) is 13.9. The van der Waals surface area contributed by atoms with Gasteiger partial charge in [-0.25, -0.2) is 9.53 Å². The fourth-order valence-corrected chi connectivity index (χ4v) is 4.32. The van der Waals surface area contributed by atoms with Gasteiger partial charge in [0.05, 0.1) is 5.69 Å². The number of carbonyl (C=O) groups excluding carboxylic acids is 1. The molecule has 26 heavy (non-hydrogen) atoms. The average Bonchev–Trinajstić information content (AvgIpc) is 3.25. The van der Waals surface area contributed by atoms with E-state index in [-0.39, 0.29) is 23.6 Å². The Morgan fingerprint density at radius 3 is 2.73 bits per heavy atom. The van der Waals surface area contributed by atoms with Crippen LogP contribution in [0.4, 0.5) is 15.8 Å². The molecular formula is C18H18FN3O3S. The summed E-state index contributed by atoms with van der Waals surface area (Å²) >= 11 is 0. The summed E-state index contributed by atoms with van der Waals surface area (Å²) in [5.74, 6) is -0.895. The van der Waals surface area contributed by atoms with Gasteiger partial charge in [-0.2, -0.15) is 8.42 Å². The second kappa shape index (κ2) is 6.07. The first-order valence-corrected chi connectivity index (χ1v) is 9.83. The van der Waals surface area contributed by atoms with Crippen LogP contribution < -0.4 is 14.8 Å². The smallest absolute Gasteiger partial charge is 0.299 e. The van der Waals surface area contributed by atoms with Crippen LogP contribution in [0.2, 0.25) is 0 Å². The van der Waals surface area contributed by atoms with E-state index >= 15 is 0 Å². The van der Waals surface area contributed by atoms with Crippen LogP contribution in [0, 0.1) is 11.7 Å². The van der Waals surface area contributed by atoms with Gasteiger partial charge in [0.15, 0.2) is 0 Å². The minimum atomic E-state index is -3.84. The lowest BCUT2D eigenvalue weighted by molar-refractivity contribution is -0.117. The van der Waals surface area contributed by atoms with Gasteiger partial charge in [-0.05, 0) is 48.1 Å².